The molecular weight excluding hydrogens is 448 g/mol. The average molecular weight is 481 g/mol. The lowest BCUT2D eigenvalue weighted by Gasteiger charge is -2.36. The fourth-order valence-corrected chi connectivity index (χ4v) is 5.21. The number of piperazine rings is 1. The fourth-order valence-electron chi connectivity index (χ4n) is 5.21. The van der Waals surface area contributed by atoms with Crippen LogP contribution < -0.4 is 10.2 Å². The Labute approximate surface area is 211 Å². The zero-order chi connectivity index (χ0) is 24.6. The number of carbonyl (C=O) groups is 1. The van der Waals surface area contributed by atoms with Crippen LogP contribution in [-0.2, 0) is 7.05 Å². The van der Waals surface area contributed by atoms with Gasteiger partial charge in [0.25, 0.3) is 5.91 Å². The van der Waals surface area contributed by atoms with E-state index in [0.717, 1.165) is 65.8 Å². The first-order valence-corrected chi connectivity index (χ1v) is 12.8. The minimum atomic E-state index is -0.151. The molecule has 1 amide bonds. The molecule has 6 rings (SSSR count). The Morgan fingerprint density at radius 1 is 1.00 bits per heavy atom. The first kappa shape index (κ1) is 22.7. The third-order valence-corrected chi connectivity index (χ3v) is 7.34. The number of aryl methyl sites for hydroxylation is 2. The molecule has 1 N–H and O–H groups in total. The van der Waals surface area contributed by atoms with Crippen molar-refractivity contribution in [1.29, 1.82) is 0 Å². The molecule has 1 saturated carbocycles. The summed E-state index contributed by atoms with van der Waals surface area (Å²) in [6.45, 7) is 7.42. The van der Waals surface area contributed by atoms with E-state index in [1.165, 1.54) is 19.4 Å². The van der Waals surface area contributed by atoms with Crippen LogP contribution in [0.15, 0.2) is 60.7 Å². The number of rotatable bonds is 6. The van der Waals surface area contributed by atoms with Gasteiger partial charge in [0.05, 0.1) is 22.3 Å². The number of amides is 1. The SMILES string of the molecule is Cc1nn(C)c2nc(-c3ccccc3)cc(C(=O)Nc3cccc(N4CCN(CC5CC5)CC4)c3)c12. The third kappa shape index (κ3) is 4.58. The van der Waals surface area contributed by atoms with Gasteiger partial charge in [-0.2, -0.15) is 5.10 Å². The highest BCUT2D eigenvalue weighted by molar-refractivity contribution is 6.13. The second-order valence-corrected chi connectivity index (χ2v) is 10.1. The van der Waals surface area contributed by atoms with Crippen LogP contribution in [-0.4, -0.2) is 58.3 Å². The number of nitrogens with one attached hydrogen (secondary N) is 1. The molecule has 184 valence electrons. The van der Waals surface area contributed by atoms with Crippen molar-refractivity contribution >= 4 is 28.3 Å². The van der Waals surface area contributed by atoms with E-state index in [-0.39, 0.29) is 5.91 Å². The first-order valence-electron chi connectivity index (χ1n) is 12.8. The molecule has 1 aliphatic carbocycles. The summed E-state index contributed by atoms with van der Waals surface area (Å²) >= 11 is 0. The van der Waals surface area contributed by atoms with Gasteiger partial charge in [0.1, 0.15) is 0 Å². The maximum Gasteiger partial charge on any atom is 0.256 e. The number of pyridine rings is 1. The maximum atomic E-state index is 13.6. The van der Waals surface area contributed by atoms with Crippen LogP contribution in [0.4, 0.5) is 11.4 Å². The minimum absolute atomic E-state index is 0.151. The number of anilines is 2. The molecular formula is C29H32N6O. The van der Waals surface area contributed by atoms with Gasteiger partial charge in [0.15, 0.2) is 5.65 Å². The van der Waals surface area contributed by atoms with E-state index in [1.807, 2.05) is 62.5 Å². The van der Waals surface area contributed by atoms with Gasteiger partial charge in [-0.15, -0.1) is 0 Å². The summed E-state index contributed by atoms with van der Waals surface area (Å²) in [5.41, 5.74) is 5.76. The summed E-state index contributed by atoms with van der Waals surface area (Å²) in [7, 11) is 1.87. The second-order valence-electron chi connectivity index (χ2n) is 10.1. The molecule has 7 heteroatoms. The molecule has 2 aromatic heterocycles. The van der Waals surface area contributed by atoms with Gasteiger partial charge in [-0.25, -0.2) is 4.98 Å². The predicted molar refractivity (Wildman–Crippen MR) is 144 cm³/mol. The molecule has 36 heavy (non-hydrogen) atoms. The van der Waals surface area contributed by atoms with Crippen LogP contribution in [0.2, 0.25) is 0 Å². The highest BCUT2D eigenvalue weighted by atomic mass is 16.1. The first-order chi connectivity index (χ1) is 17.5. The maximum absolute atomic E-state index is 13.6. The summed E-state index contributed by atoms with van der Waals surface area (Å²) in [6.07, 6.45) is 2.80. The summed E-state index contributed by atoms with van der Waals surface area (Å²) in [5, 5.41) is 8.48. The highest BCUT2D eigenvalue weighted by Crippen LogP contribution is 2.31. The Hall–Kier alpha value is -3.71. The summed E-state index contributed by atoms with van der Waals surface area (Å²) in [6, 6.07) is 20.0. The van der Waals surface area contributed by atoms with Crippen LogP contribution in [0, 0.1) is 12.8 Å². The van der Waals surface area contributed by atoms with Crippen LogP contribution in [0.25, 0.3) is 22.3 Å². The van der Waals surface area contributed by atoms with E-state index in [2.05, 4.69) is 32.3 Å². The molecule has 0 unspecified atom stereocenters. The van der Waals surface area contributed by atoms with Crippen molar-refractivity contribution < 1.29 is 4.79 Å². The zero-order valence-electron chi connectivity index (χ0n) is 20.9. The molecule has 0 atom stereocenters. The van der Waals surface area contributed by atoms with Gasteiger partial charge < -0.3 is 10.2 Å². The minimum Gasteiger partial charge on any atom is -0.369 e. The van der Waals surface area contributed by atoms with Gasteiger partial charge in [-0.1, -0.05) is 36.4 Å². The number of aromatic nitrogens is 3. The largest absolute Gasteiger partial charge is 0.369 e. The van der Waals surface area contributed by atoms with Crippen molar-refractivity contribution in [1.82, 2.24) is 19.7 Å². The topological polar surface area (TPSA) is 66.3 Å². The molecule has 0 spiro atoms. The fraction of sp³-hybridized carbons (Fsp3) is 0.345. The molecule has 2 fully saturated rings. The van der Waals surface area contributed by atoms with Gasteiger partial charge in [0.2, 0.25) is 0 Å². The van der Waals surface area contributed by atoms with Crippen molar-refractivity contribution in [3.05, 3.63) is 71.9 Å². The number of nitrogens with zero attached hydrogens (tertiary/aromatic N) is 5. The van der Waals surface area contributed by atoms with Crippen molar-refractivity contribution in [3.8, 4) is 11.3 Å². The van der Waals surface area contributed by atoms with Crippen molar-refractivity contribution in [3.63, 3.8) is 0 Å². The number of fused-ring (bicyclic) bond motifs is 1. The predicted octanol–water partition coefficient (Wildman–Crippen LogP) is 4.73. The van der Waals surface area contributed by atoms with Gasteiger partial charge >= 0.3 is 0 Å². The van der Waals surface area contributed by atoms with Gasteiger partial charge in [0, 0.05) is 56.7 Å². The lowest BCUT2D eigenvalue weighted by atomic mass is 10.0. The van der Waals surface area contributed by atoms with Crippen molar-refractivity contribution in [2.75, 3.05) is 42.9 Å². The smallest absolute Gasteiger partial charge is 0.256 e. The Balaban J connectivity index is 1.25. The number of hydrogen-bond acceptors (Lipinski definition) is 5. The lowest BCUT2D eigenvalue weighted by molar-refractivity contribution is 0.102. The molecule has 3 heterocycles. The van der Waals surface area contributed by atoms with Crippen LogP contribution in [0.1, 0.15) is 28.9 Å². The van der Waals surface area contributed by atoms with E-state index >= 15 is 0 Å². The molecule has 0 bridgehead atoms. The quantitative estimate of drug-likeness (QED) is 0.432. The summed E-state index contributed by atoms with van der Waals surface area (Å²) in [5.74, 6) is 0.780. The lowest BCUT2D eigenvalue weighted by Crippen LogP contribution is -2.47. The standard InChI is InChI=1S/C29H32N6O/c1-20-27-25(18-26(22-7-4-3-5-8-22)31-28(27)33(2)32-20)29(36)30-23-9-6-10-24(17-23)35-15-13-34(14-16-35)19-21-11-12-21/h3-10,17-18,21H,11-16,19H2,1-2H3,(H,30,36). The molecule has 1 aliphatic heterocycles. The molecule has 2 aromatic carbocycles. The Morgan fingerprint density at radius 3 is 2.53 bits per heavy atom. The van der Waals surface area contributed by atoms with Crippen molar-refractivity contribution in [2.45, 2.75) is 19.8 Å². The second kappa shape index (κ2) is 9.39. The van der Waals surface area contributed by atoms with E-state index in [1.54, 1.807) is 4.68 Å². The van der Waals surface area contributed by atoms with E-state index in [4.69, 9.17) is 4.98 Å². The summed E-state index contributed by atoms with van der Waals surface area (Å²) in [4.78, 5) is 23.5. The number of hydrogen-bond donors (Lipinski definition) is 1. The van der Waals surface area contributed by atoms with Crippen LogP contribution >= 0.6 is 0 Å². The molecule has 4 aromatic rings. The van der Waals surface area contributed by atoms with E-state index in [9.17, 15) is 4.79 Å². The Bertz CT molecular complexity index is 1400. The third-order valence-electron chi connectivity index (χ3n) is 7.34. The highest BCUT2D eigenvalue weighted by Gasteiger charge is 2.26. The molecule has 7 nitrogen and oxygen atoms in total. The normalized spacial score (nSPS) is 16.4. The average Bonchev–Trinajstić information content (AvgIpc) is 3.67. The molecule has 0 radical (unpaired) electrons. The van der Waals surface area contributed by atoms with E-state index in [0.29, 0.717) is 11.2 Å². The van der Waals surface area contributed by atoms with Gasteiger partial charge in [-0.05, 0) is 49.9 Å². The summed E-state index contributed by atoms with van der Waals surface area (Å²) < 4.78 is 1.75. The van der Waals surface area contributed by atoms with E-state index < -0.39 is 0 Å². The monoisotopic (exact) mass is 480 g/mol. The Morgan fingerprint density at radius 2 is 1.78 bits per heavy atom. The number of benzene rings is 2. The van der Waals surface area contributed by atoms with Crippen molar-refractivity contribution in [2.24, 2.45) is 13.0 Å². The molecule has 1 saturated heterocycles. The van der Waals surface area contributed by atoms with Gasteiger partial charge in [-0.3, -0.25) is 14.4 Å². The molecule has 2 aliphatic rings. The van der Waals surface area contributed by atoms with Crippen LogP contribution in [0.3, 0.4) is 0 Å². The number of carbonyl (C=O) groups excluding carboxylic acids is 1. The zero-order valence-corrected chi connectivity index (χ0v) is 20.9. The Kier molecular flexibility index (Phi) is 5.93. The van der Waals surface area contributed by atoms with Crippen LogP contribution in [0.5, 0.6) is 0 Å².